The fourth-order valence-corrected chi connectivity index (χ4v) is 2.18. The molecule has 0 saturated carbocycles. The molecular formula is C16H22N2. The Morgan fingerprint density at radius 3 is 2.39 bits per heavy atom. The maximum atomic E-state index is 4.48. The van der Waals surface area contributed by atoms with Gasteiger partial charge in [-0.25, -0.2) is 4.98 Å². The van der Waals surface area contributed by atoms with Crippen molar-refractivity contribution in [1.29, 1.82) is 0 Å². The highest BCUT2D eigenvalue weighted by Gasteiger charge is 2.28. The lowest BCUT2D eigenvalue weighted by Gasteiger charge is -2.31. The van der Waals surface area contributed by atoms with E-state index in [9.17, 15) is 0 Å². The number of benzene rings is 1. The molecule has 1 aromatic heterocycles. The van der Waals surface area contributed by atoms with Crippen LogP contribution in [0.4, 0.5) is 0 Å². The van der Waals surface area contributed by atoms with Gasteiger partial charge in [-0.2, -0.15) is 0 Å². The molecule has 1 aromatic carbocycles. The first-order valence-corrected chi connectivity index (χ1v) is 6.51. The van der Waals surface area contributed by atoms with E-state index in [1.54, 1.807) is 0 Å². The number of hydrogen-bond acceptors (Lipinski definition) is 1. The van der Waals surface area contributed by atoms with Gasteiger partial charge in [0, 0.05) is 25.0 Å². The second-order valence-corrected chi connectivity index (χ2v) is 5.78. The number of imidazole rings is 1. The molecule has 0 bridgehead atoms. The van der Waals surface area contributed by atoms with E-state index in [1.165, 1.54) is 11.1 Å². The second-order valence-electron chi connectivity index (χ2n) is 5.78. The summed E-state index contributed by atoms with van der Waals surface area (Å²) in [6, 6.07) is 8.60. The maximum Gasteiger partial charge on any atom is 0.139 e. The summed E-state index contributed by atoms with van der Waals surface area (Å²) in [5.41, 5.74) is 2.75. The van der Waals surface area contributed by atoms with Crippen molar-refractivity contribution in [3.05, 3.63) is 42.2 Å². The third-order valence-corrected chi connectivity index (χ3v) is 4.13. The van der Waals surface area contributed by atoms with Crippen molar-refractivity contribution < 1.29 is 0 Å². The quantitative estimate of drug-likeness (QED) is 0.795. The number of aromatic nitrogens is 2. The second kappa shape index (κ2) is 4.60. The minimum Gasteiger partial charge on any atom is -0.334 e. The van der Waals surface area contributed by atoms with Crippen molar-refractivity contribution in [2.24, 2.45) is 13.0 Å². The highest BCUT2D eigenvalue weighted by atomic mass is 15.0. The molecule has 0 saturated heterocycles. The normalized spacial score (nSPS) is 12.1. The monoisotopic (exact) mass is 242 g/mol. The van der Waals surface area contributed by atoms with Crippen LogP contribution in [0.15, 0.2) is 36.7 Å². The summed E-state index contributed by atoms with van der Waals surface area (Å²) in [4.78, 5) is 4.48. The summed E-state index contributed by atoms with van der Waals surface area (Å²) < 4.78 is 2.08. The molecule has 2 rings (SSSR count). The Bertz CT molecular complexity index is 536. The van der Waals surface area contributed by atoms with Gasteiger partial charge in [0.15, 0.2) is 0 Å². The van der Waals surface area contributed by atoms with Crippen molar-refractivity contribution in [3.63, 3.8) is 0 Å². The number of nitrogens with zero attached hydrogens (tertiary/aromatic N) is 2. The topological polar surface area (TPSA) is 17.8 Å². The van der Waals surface area contributed by atoms with E-state index in [4.69, 9.17) is 0 Å². The van der Waals surface area contributed by atoms with Gasteiger partial charge in [-0.05, 0) is 16.9 Å². The Kier molecular flexibility index (Phi) is 3.29. The van der Waals surface area contributed by atoms with E-state index in [0.717, 1.165) is 5.82 Å². The summed E-state index contributed by atoms with van der Waals surface area (Å²) >= 11 is 0. The first kappa shape index (κ1) is 12.9. The van der Waals surface area contributed by atoms with Gasteiger partial charge in [-0.1, -0.05) is 52.0 Å². The van der Waals surface area contributed by atoms with Gasteiger partial charge in [0.25, 0.3) is 0 Å². The van der Waals surface area contributed by atoms with Crippen LogP contribution < -0.4 is 0 Å². The standard InChI is InChI=1S/C16H22N2/c1-12(2)16(3,4)14-9-7-6-8-13(14)15-17-10-11-18(15)5/h6-12H,1-5H3. The number of rotatable bonds is 3. The first-order valence-electron chi connectivity index (χ1n) is 6.51. The summed E-state index contributed by atoms with van der Waals surface area (Å²) in [6.45, 7) is 9.16. The SMILES string of the molecule is CC(C)C(C)(C)c1ccccc1-c1nccn1C. The minimum absolute atomic E-state index is 0.141. The van der Waals surface area contributed by atoms with Gasteiger partial charge in [-0.3, -0.25) is 0 Å². The average Bonchev–Trinajstić information content (AvgIpc) is 2.75. The summed E-state index contributed by atoms with van der Waals surface area (Å²) in [5.74, 6) is 1.62. The van der Waals surface area contributed by atoms with Crippen LogP contribution >= 0.6 is 0 Å². The Balaban J connectivity index is 2.61. The number of hydrogen-bond donors (Lipinski definition) is 0. The van der Waals surface area contributed by atoms with Gasteiger partial charge < -0.3 is 4.57 Å². The molecule has 1 heterocycles. The van der Waals surface area contributed by atoms with Gasteiger partial charge in [0.1, 0.15) is 5.82 Å². The molecule has 0 N–H and O–H groups in total. The molecule has 0 aliphatic heterocycles. The van der Waals surface area contributed by atoms with Crippen LogP contribution in [0.2, 0.25) is 0 Å². The van der Waals surface area contributed by atoms with E-state index in [2.05, 4.69) is 61.5 Å². The van der Waals surface area contributed by atoms with Gasteiger partial charge in [0.05, 0.1) is 0 Å². The molecule has 2 nitrogen and oxygen atoms in total. The van der Waals surface area contributed by atoms with Crippen LogP contribution in [-0.2, 0) is 12.5 Å². The van der Waals surface area contributed by atoms with Crippen LogP contribution in [0.3, 0.4) is 0 Å². The van der Waals surface area contributed by atoms with Crippen LogP contribution in [0.25, 0.3) is 11.4 Å². The summed E-state index contributed by atoms with van der Waals surface area (Å²) in [5, 5.41) is 0. The van der Waals surface area contributed by atoms with Crippen LogP contribution in [0, 0.1) is 5.92 Å². The Morgan fingerprint density at radius 2 is 1.83 bits per heavy atom. The van der Waals surface area contributed by atoms with E-state index >= 15 is 0 Å². The highest BCUT2D eigenvalue weighted by molar-refractivity contribution is 5.62. The van der Waals surface area contributed by atoms with Crippen molar-refractivity contribution in [1.82, 2.24) is 9.55 Å². The molecule has 0 fully saturated rings. The lowest BCUT2D eigenvalue weighted by Crippen LogP contribution is -2.25. The maximum absolute atomic E-state index is 4.48. The third-order valence-electron chi connectivity index (χ3n) is 4.13. The van der Waals surface area contributed by atoms with Gasteiger partial charge in [0.2, 0.25) is 0 Å². The molecular weight excluding hydrogens is 220 g/mol. The van der Waals surface area contributed by atoms with Crippen molar-refractivity contribution in [2.45, 2.75) is 33.1 Å². The van der Waals surface area contributed by atoms with Gasteiger partial charge >= 0.3 is 0 Å². The average molecular weight is 242 g/mol. The van der Waals surface area contributed by atoms with E-state index < -0.39 is 0 Å². The van der Waals surface area contributed by atoms with Crippen molar-refractivity contribution in [3.8, 4) is 11.4 Å². The lowest BCUT2D eigenvalue weighted by molar-refractivity contribution is 0.373. The molecule has 0 spiro atoms. The molecule has 18 heavy (non-hydrogen) atoms. The van der Waals surface area contributed by atoms with E-state index in [0.29, 0.717) is 5.92 Å². The Hall–Kier alpha value is -1.57. The Labute approximate surface area is 110 Å². The molecule has 0 aliphatic rings. The molecule has 0 radical (unpaired) electrons. The molecule has 0 unspecified atom stereocenters. The molecule has 0 amide bonds. The number of aryl methyl sites for hydroxylation is 1. The summed E-state index contributed by atoms with van der Waals surface area (Å²) in [6.07, 6.45) is 3.85. The van der Waals surface area contributed by atoms with Crippen LogP contribution in [0.1, 0.15) is 33.3 Å². The first-order chi connectivity index (χ1) is 8.44. The minimum atomic E-state index is 0.141. The smallest absolute Gasteiger partial charge is 0.139 e. The predicted octanol–water partition coefficient (Wildman–Crippen LogP) is 4.02. The van der Waals surface area contributed by atoms with Crippen LogP contribution in [0.5, 0.6) is 0 Å². The van der Waals surface area contributed by atoms with Crippen LogP contribution in [-0.4, -0.2) is 9.55 Å². The van der Waals surface area contributed by atoms with E-state index in [1.807, 2.05) is 19.4 Å². The molecule has 2 aromatic rings. The largest absolute Gasteiger partial charge is 0.334 e. The zero-order valence-corrected chi connectivity index (χ0v) is 11.9. The fraction of sp³-hybridized carbons (Fsp3) is 0.438. The zero-order valence-electron chi connectivity index (χ0n) is 11.9. The summed E-state index contributed by atoms with van der Waals surface area (Å²) in [7, 11) is 2.04. The third kappa shape index (κ3) is 2.07. The van der Waals surface area contributed by atoms with E-state index in [-0.39, 0.29) is 5.41 Å². The fourth-order valence-electron chi connectivity index (χ4n) is 2.18. The predicted molar refractivity (Wildman–Crippen MR) is 76.5 cm³/mol. The van der Waals surface area contributed by atoms with Crippen molar-refractivity contribution >= 4 is 0 Å². The highest BCUT2D eigenvalue weighted by Crippen LogP contribution is 2.37. The molecule has 2 heteroatoms. The molecule has 0 atom stereocenters. The lowest BCUT2D eigenvalue weighted by atomic mass is 9.73. The Morgan fingerprint density at radius 1 is 1.17 bits per heavy atom. The van der Waals surface area contributed by atoms with Crippen molar-refractivity contribution in [2.75, 3.05) is 0 Å². The molecule has 0 aliphatic carbocycles. The zero-order chi connectivity index (χ0) is 13.3. The molecule has 96 valence electrons. The van der Waals surface area contributed by atoms with Gasteiger partial charge in [-0.15, -0.1) is 0 Å².